The Morgan fingerprint density at radius 1 is 1.19 bits per heavy atom. The highest BCUT2D eigenvalue weighted by Crippen LogP contribution is 2.49. The molecule has 0 radical (unpaired) electrons. The first-order valence-electron chi connectivity index (χ1n) is 11.5. The standard InChI is InChI=1S/C24H29ClN4O5S2/c1-14-8-6-9-17(26-14)27-19(30)16-12-15(25)18(35-16)23(5)13-36(32,33)24(10-7-11-24)20(29-23)28-21(31)34-22(2,3)4/h6,8-9,12H,7,10-11,13H2,1-5H3,(H,26,27,30)(H,28,29,31). The quantitative estimate of drug-likeness (QED) is 0.560. The fraction of sp³-hybridized carbons (Fsp3) is 0.500. The van der Waals surface area contributed by atoms with Crippen LogP contribution < -0.4 is 10.6 Å². The minimum Gasteiger partial charge on any atom is -0.444 e. The van der Waals surface area contributed by atoms with E-state index >= 15 is 0 Å². The van der Waals surface area contributed by atoms with Crippen molar-refractivity contribution in [1.82, 2.24) is 10.3 Å². The number of ether oxygens (including phenoxy) is 1. The third-order valence-electron chi connectivity index (χ3n) is 6.17. The number of pyridine rings is 1. The summed E-state index contributed by atoms with van der Waals surface area (Å²) in [5.74, 6) is -0.247. The van der Waals surface area contributed by atoms with Crippen molar-refractivity contribution in [3.8, 4) is 0 Å². The van der Waals surface area contributed by atoms with Crippen molar-refractivity contribution in [2.45, 2.75) is 69.8 Å². The number of aliphatic imine (C=N–C) groups is 1. The molecule has 1 aliphatic carbocycles. The number of carbonyl (C=O) groups is 2. The number of halogens is 1. The van der Waals surface area contributed by atoms with E-state index in [1.54, 1.807) is 39.8 Å². The Morgan fingerprint density at radius 3 is 2.47 bits per heavy atom. The first-order valence-corrected chi connectivity index (χ1v) is 14.4. The fourth-order valence-corrected chi connectivity index (χ4v) is 8.53. The SMILES string of the molecule is Cc1cccc(NC(=O)c2cc(Cl)c(C3(C)CS(=O)(=O)C4(CCC4)C(NC(=O)OC(C)(C)C)=N3)s2)n1. The molecule has 0 aromatic carbocycles. The zero-order chi connectivity index (χ0) is 26.5. The van der Waals surface area contributed by atoms with E-state index in [2.05, 4.69) is 15.6 Å². The third kappa shape index (κ3) is 5.01. The second-order valence-corrected chi connectivity index (χ2v) is 14.1. The molecular weight excluding hydrogens is 524 g/mol. The van der Waals surface area contributed by atoms with Crippen LogP contribution >= 0.6 is 22.9 Å². The lowest BCUT2D eigenvalue weighted by molar-refractivity contribution is 0.0559. The largest absolute Gasteiger partial charge is 0.444 e. The number of anilines is 1. The van der Waals surface area contributed by atoms with Crippen molar-refractivity contribution in [2.24, 2.45) is 4.99 Å². The van der Waals surface area contributed by atoms with Crippen molar-refractivity contribution >= 4 is 56.4 Å². The van der Waals surface area contributed by atoms with E-state index in [0.29, 0.717) is 30.0 Å². The van der Waals surface area contributed by atoms with Gasteiger partial charge in [0.1, 0.15) is 27.5 Å². The molecule has 0 saturated heterocycles. The topological polar surface area (TPSA) is 127 Å². The maximum Gasteiger partial charge on any atom is 0.413 e. The molecule has 2 aliphatic rings. The van der Waals surface area contributed by atoms with Crippen LogP contribution in [0.3, 0.4) is 0 Å². The molecule has 3 heterocycles. The van der Waals surface area contributed by atoms with Gasteiger partial charge in [0, 0.05) is 5.69 Å². The van der Waals surface area contributed by atoms with E-state index in [-0.39, 0.29) is 21.5 Å². The van der Waals surface area contributed by atoms with Crippen molar-refractivity contribution in [3.05, 3.63) is 44.7 Å². The zero-order valence-corrected chi connectivity index (χ0v) is 23.2. The van der Waals surface area contributed by atoms with Crippen LogP contribution in [0.25, 0.3) is 0 Å². The summed E-state index contributed by atoms with van der Waals surface area (Å²) in [6.45, 7) is 8.63. The van der Waals surface area contributed by atoms with Crippen LogP contribution in [0.5, 0.6) is 0 Å². The Morgan fingerprint density at radius 2 is 1.89 bits per heavy atom. The predicted molar refractivity (Wildman–Crippen MR) is 141 cm³/mol. The first kappa shape index (κ1) is 26.6. The van der Waals surface area contributed by atoms with Crippen LogP contribution in [0.15, 0.2) is 29.3 Å². The average molecular weight is 553 g/mol. The van der Waals surface area contributed by atoms with Crippen LogP contribution in [-0.2, 0) is 20.1 Å². The Kier molecular flexibility index (Phi) is 6.72. The fourth-order valence-electron chi connectivity index (χ4n) is 4.38. The maximum atomic E-state index is 13.6. The number of aryl methyl sites for hydroxylation is 1. The van der Waals surface area contributed by atoms with Crippen LogP contribution in [0.1, 0.15) is 67.2 Å². The number of thiophene rings is 1. The molecule has 1 atom stereocenters. The van der Waals surface area contributed by atoms with E-state index in [1.807, 2.05) is 13.0 Å². The number of carbonyl (C=O) groups excluding carboxylic acids is 2. The number of amidine groups is 1. The van der Waals surface area contributed by atoms with Gasteiger partial charge in [0.2, 0.25) is 0 Å². The van der Waals surface area contributed by atoms with Gasteiger partial charge in [-0.25, -0.2) is 18.2 Å². The van der Waals surface area contributed by atoms with Crippen LogP contribution in [-0.4, -0.2) is 47.3 Å². The molecule has 2 N–H and O–H groups in total. The van der Waals surface area contributed by atoms with Gasteiger partial charge < -0.3 is 10.1 Å². The van der Waals surface area contributed by atoms with Gasteiger partial charge in [-0.1, -0.05) is 17.7 Å². The summed E-state index contributed by atoms with van der Waals surface area (Å²) in [5, 5.41) is 5.58. The molecule has 2 amide bonds. The lowest BCUT2D eigenvalue weighted by atomic mass is 9.82. The van der Waals surface area contributed by atoms with Crippen molar-refractivity contribution in [1.29, 1.82) is 0 Å². The van der Waals surface area contributed by atoms with Gasteiger partial charge in [0.25, 0.3) is 5.91 Å². The number of rotatable bonds is 3. The van der Waals surface area contributed by atoms with Gasteiger partial charge in [-0.2, -0.15) is 0 Å². The minimum atomic E-state index is -3.73. The molecule has 2 aromatic rings. The first-order chi connectivity index (χ1) is 16.6. The van der Waals surface area contributed by atoms with Crippen molar-refractivity contribution in [2.75, 3.05) is 11.1 Å². The number of amides is 2. The average Bonchev–Trinajstić information content (AvgIpc) is 3.07. The van der Waals surface area contributed by atoms with Crippen LogP contribution in [0.4, 0.5) is 10.6 Å². The highest BCUT2D eigenvalue weighted by molar-refractivity contribution is 7.93. The highest BCUT2D eigenvalue weighted by atomic mass is 35.5. The maximum absolute atomic E-state index is 13.6. The smallest absolute Gasteiger partial charge is 0.413 e. The molecule has 36 heavy (non-hydrogen) atoms. The summed E-state index contributed by atoms with van der Waals surface area (Å²) in [5.41, 5.74) is -1.31. The van der Waals surface area contributed by atoms with Crippen LogP contribution in [0, 0.1) is 6.92 Å². The Balaban J connectivity index is 1.69. The Labute approximate surface area is 219 Å². The molecule has 194 valence electrons. The van der Waals surface area contributed by atoms with Gasteiger partial charge in [-0.05, 0) is 72.1 Å². The molecule has 4 rings (SSSR count). The highest BCUT2D eigenvalue weighted by Gasteiger charge is 2.59. The molecule has 0 bridgehead atoms. The monoisotopic (exact) mass is 552 g/mol. The van der Waals surface area contributed by atoms with Gasteiger partial charge in [0.05, 0.1) is 20.5 Å². The number of hydrogen-bond donors (Lipinski definition) is 2. The van der Waals surface area contributed by atoms with Crippen molar-refractivity contribution < 1.29 is 22.7 Å². The molecule has 9 nitrogen and oxygen atoms in total. The van der Waals surface area contributed by atoms with Gasteiger partial charge in [-0.3, -0.25) is 15.1 Å². The summed E-state index contributed by atoms with van der Waals surface area (Å²) in [6, 6.07) is 6.76. The molecule has 1 fully saturated rings. The van der Waals surface area contributed by atoms with E-state index in [9.17, 15) is 18.0 Å². The summed E-state index contributed by atoms with van der Waals surface area (Å²) in [7, 11) is -3.73. The second-order valence-electron chi connectivity index (χ2n) is 10.4. The van der Waals surface area contributed by atoms with E-state index in [0.717, 1.165) is 17.0 Å². The zero-order valence-electron chi connectivity index (χ0n) is 20.8. The minimum absolute atomic E-state index is 0.0659. The molecule has 1 saturated carbocycles. The third-order valence-corrected chi connectivity index (χ3v) is 10.7. The number of sulfone groups is 1. The van der Waals surface area contributed by atoms with Crippen molar-refractivity contribution in [3.63, 3.8) is 0 Å². The number of aromatic nitrogens is 1. The molecule has 12 heteroatoms. The van der Waals surface area contributed by atoms with Gasteiger partial charge in [-0.15, -0.1) is 11.3 Å². The predicted octanol–water partition coefficient (Wildman–Crippen LogP) is 4.85. The molecule has 1 spiro atoms. The molecule has 1 unspecified atom stereocenters. The van der Waals surface area contributed by atoms with E-state index < -0.39 is 37.7 Å². The van der Waals surface area contributed by atoms with Gasteiger partial charge in [0.15, 0.2) is 9.84 Å². The number of alkyl carbamates (subject to hydrolysis) is 1. The van der Waals surface area contributed by atoms with E-state index in [4.69, 9.17) is 21.3 Å². The van der Waals surface area contributed by atoms with Gasteiger partial charge >= 0.3 is 6.09 Å². The number of hydrogen-bond acceptors (Lipinski definition) is 8. The summed E-state index contributed by atoms with van der Waals surface area (Å²) in [4.78, 5) is 35.2. The normalized spacial score (nSPS) is 22.3. The number of nitrogens with one attached hydrogen (secondary N) is 2. The lowest BCUT2D eigenvalue weighted by Crippen LogP contribution is -2.63. The lowest BCUT2D eigenvalue weighted by Gasteiger charge is -2.47. The second kappa shape index (κ2) is 9.11. The Bertz CT molecular complexity index is 1360. The Hall–Kier alpha value is -2.50. The summed E-state index contributed by atoms with van der Waals surface area (Å²) < 4.78 is 31.3. The summed E-state index contributed by atoms with van der Waals surface area (Å²) >= 11 is 7.60. The molecular formula is C24H29ClN4O5S2. The van der Waals surface area contributed by atoms with Crippen LogP contribution in [0.2, 0.25) is 5.02 Å². The van der Waals surface area contributed by atoms with E-state index in [1.165, 1.54) is 6.07 Å². The molecule has 1 aliphatic heterocycles. The summed E-state index contributed by atoms with van der Waals surface area (Å²) in [6.07, 6.45) is 0.683. The molecule has 2 aromatic heterocycles. The number of nitrogens with zero attached hydrogens (tertiary/aromatic N) is 2.